The van der Waals surface area contributed by atoms with Gasteiger partial charge in [-0.2, -0.15) is 10.2 Å². The Hall–Kier alpha value is -5.94. The summed E-state index contributed by atoms with van der Waals surface area (Å²) in [6, 6.07) is 42.5. The molecule has 5 heteroatoms. The average Bonchev–Trinajstić information content (AvgIpc) is 3.43. The van der Waals surface area contributed by atoms with Crippen molar-refractivity contribution in [3.63, 3.8) is 0 Å². The summed E-state index contributed by atoms with van der Waals surface area (Å²) in [5.74, 6) is -0.350. The van der Waals surface area contributed by atoms with Crippen LogP contribution in [0, 0.1) is 0 Å². The molecule has 0 spiro atoms. The van der Waals surface area contributed by atoms with Gasteiger partial charge in [0.05, 0.1) is 28.5 Å². The number of hydrogen-bond acceptors (Lipinski definition) is 4. The molecule has 1 heterocycles. The van der Waals surface area contributed by atoms with Gasteiger partial charge in [0.25, 0.3) is 11.8 Å². The Morgan fingerprint density at radius 2 is 1.04 bits per heavy atom. The van der Waals surface area contributed by atoms with Crippen LogP contribution in [0.3, 0.4) is 0 Å². The van der Waals surface area contributed by atoms with Crippen molar-refractivity contribution < 1.29 is 9.59 Å². The van der Waals surface area contributed by atoms with Crippen LogP contribution in [0.2, 0.25) is 0 Å². The van der Waals surface area contributed by atoms with Crippen molar-refractivity contribution in [1.82, 2.24) is 4.90 Å². The molecule has 6 aromatic carbocycles. The largest absolute Gasteiger partial charge is 0.269 e. The van der Waals surface area contributed by atoms with E-state index in [2.05, 4.69) is 64.8 Å². The van der Waals surface area contributed by atoms with Gasteiger partial charge >= 0.3 is 0 Å². The minimum Gasteiger partial charge on any atom is -0.269 e. The fourth-order valence-corrected chi connectivity index (χ4v) is 8.13. The van der Waals surface area contributed by atoms with Gasteiger partial charge in [-0.15, -0.1) is 0 Å². The third-order valence-electron chi connectivity index (χ3n) is 10.4. The second-order valence-corrected chi connectivity index (χ2v) is 13.1. The van der Waals surface area contributed by atoms with Crippen LogP contribution in [0.1, 0.15) is 61.5 Å². The molecule has 0 N–H and O–H groups in total. The summed E-state index contributed by atoms with van der Waals surface area (Å²) < 4.78 is 0. The maximum absolute atomic E-state index is 14.6. The third-order valence-corrected chi connectivity index (χ3v) is 10.4. The van der Waals surface area contributed by atoms with Crippen LogP contribution in [0.15, 0.2) is 138 Å². The van der Waals surface area contributed by atoms with E-state index in [1.807, 2.05) is 79.7 Å². The minimum absolute atomic E-state index is 0.172. The van der Waals surface area contributed by atoms with E-state index in [1.54, 1.807) is 0 Å². The molecule has 0 saturated carbocycles. The first-order chi connectivity index (χ1) is 24.1. The SMILES string of the molecule is C[C@@H](c1ccccc1)N1C(=O)c2c3c(c4c(c2C1=O)CCc1cccc(-c2ccc(N=Nc5ccccc5)cc2)c1-4)-c1ccccc1CC3. The molecule has 49 heavy (non-hydrogen) atoms. The topological polar surface area (TPSA) is 62.1 Å². The monoisotopic (exact) mass is 635 g/mol. The lowest BCUT2D eigenvalue weighted by Gasteiger charge is -2.32. The van der Waals surface area contributed by atoms with E-state index in [0.717, 1.165) is 74.3 Å². The Balaban J connectivity index is 1.24. The number of aryl methyl sites for hydroxylation is 2. The highest BCUT2D eigenvalue weighted by Crippen LogP contribution is 2.53. The van der Waals surface area contributed by atoms with Gasteiger partial charge in [0.2, 0.25) is 0 Å². The zero-order valence-corrected chi connectivity index (χ0v) is 27.2. The first kappa shape index (κ1) is 29.2. The van der Waals surface area contributed by atoms with Crippen LogP contribution in [-0.4, -0.2) is 16.7 Å². The van der Waals surface area contributed by atoms with Crippen LogP contribution in [0.5, 0.6) is 0 Å². The Morgan fingerprint density at radius 1 is 0.490 bits per heavy atom. The molecule has 6 aromatic rings. The fraction of sp³-hybridized carbons (Fsp3) is 0.136. The van der Waals surface area contributed by atoms with Crippen LogP contribution in [0.25, 0.3) is 33.4 Å². The van der Waals surface area contributed by atoms with Crippen molar-refractivity contribution in [3.8, 4) is 33.4 Å². The van der Waals surface area contributed by atoms with E-state index in [1.165, 1.54) is 16.0 Å². The molecule has 0 aromatic heterocycles. The second-order valence-electron chi connectivity index (χ2n) is 13.1. The number of rotatable bonds is 5. The number of hydrogen-bond donors (Lipinski definition) is 0. The number of fused-ring (bicyclic) bond motifs is 10. The lowest BCUT2D eigenvalue weighted by molar-refractivity contribution is 0.0594. The molecule has 5 nitrogen and oxygen atoms in total. The van der Waals surface area contributed by atoms with Gasteiger partial charge in [-0.25, -0.2) is 0 Å². The van der Waals surface area contributed by atoms with Crippen LogP contribution in [-0.2, 0) is 25.7 Å². The second kappa shape index (κ2) is 11.6. The first-order valence-electron chi connectivity index (χ1n) is 17.0. The quantitative estimate of drug-likeness (QED) is 0.140. The molecule has 0 unspecified atom stereocenters. The smallest absolute Gasteiger partial charge is 0.262 e. The van der Waals surface area contributed by atoms with E-state index in [-0.39, 0.29) is 17.9 Å². The summed E-state index contributed by atoms with van der Waals surface area (Å²) >= 11 is 0. The van der Waals surface area contributed by atoms with Gasteiger partial charge in [0.1, 0.15) is 0 Å². The van der Waals surface area contributed by atoms with Gasteiger partial charge in [-0.05, 0) is 118 Å². The predicted octanol–water partition coefficient (Wildman–Crippen LogP) is 10.7. The van der Waals surface area contributed by atoms with Crippen molar-refractivity contribution in [1.29, 1.82) is 0 Å². The molecular formula is C44H33N3O2. The number of imide groups is 1. The number of carbonyl (C=O) groups excluding carboxylic acids is 2. The van der Waals surface area contributed by atoms with Crippen molar-refractivity contribution in [2.45, 2.75) is 38.6 Å². The maximum atomic E-state index is 14.6. The Kier molecular flexibility index (Phi) is 6.94. The lowest BCUT2D eigenvalue weighted by atomic mass is 9.71. The van der Waals surface area contributed by atoms with Gasteiger partial charge < -0.3 is 0 Å². The number of carbonyl (C=O) groups is 2. The number of azo groups is 1. The highest BCUT2D eigenvalue weighted by Gasteiger charge is 2.46. The highest BCUT2D eigenvalue weighted by molar-refractivity contribution is 6.25. The van der Waals surface area contributed by atoms with Crippen LogP contribution < -0.4 is 0 Å². The highest BCUT2D eigenvalue weighted by atomic mass is 16.2. The van der Waals surface area contributed by atoms with E-state index in [4.69, 9.17) is 0 Å². The zero-order chi connectivity index (χ0) is 33.1. The molecule has 1 atom stereocenters. The van der Waals surface area contributed by atoms with Crippen molar-refractivity contribution >= 4 is 23.2 Å². The number of benzene rings is 6. The average molecular weight is 636 g/mol. The minimum atomic E-state index is -0.375. The normalized spacial score (nSPS) is 15.0. The molecule has 1 aliphatic heterocycles. The Morgan fingerprint density at radius 3 is 1.76 bits per heavy atom. The summed E-state index contributed by atoms with van der Waals surface area (Å²) in [4.78, 5) is 30.6. The molecule has 3 aliphatic rings. The lowest BCUT2D eigenvalue weighted by Crippen LogP contribution is -2.32. The van der Waals surface area contributed by atoms with Gasteiger partial charge in [-0.1, -0.05) is 103 Å². The van der Waals surface area contributed by atoms with Gasteiger partial charge in [-0.3, -0.25) is 14.5 Å². The Labute approximate surface area is 285 Å². The molecule has 2 aliphatic carbocycles. The van der Waals surface area contributed by atoms with Crippen molar-refractivity contribution in [3.05, 3.63) is 166 Å². The molecule has 236 valence electrons. The van der Waals surface area contributed by atoms with E-state index >= 15 is 0 Å². The van der Waals surface area contributed by atoms with Gasteiger partial charge in [0, 0.05) is 0 Å². The molecule has 0 saturated heterocycles. The Bertz CT molecular complexity index is 2330. The van der Waals surface area contributed by atoms with Gasteiger partial charge in [0.15, 0.2) is 0 Å². The molecule has 9 rings (SSSR count). The molecular weight excluding hydrogens is 603 g/mol. The maximum Gasteiger partial charge on any atom is 0.262 e. The summed E-state index contributed by atoms with van der Waals surface area (Å²) in [6.45, 7) is 1.96. The first-order valence-corrected chi connectivity index (χ1v) is 17.0. The number of nitrogens with zero attached hydrogens (tertiary/aromatic N) is 3. The molecule has 0 radical (unpaired) electrons. The number of amides is 2. The van der Waals surface area contributed by atoms with Crippen molar-refractivity contribution in [2.75, 3.05) is 0 Å². The zero-order valence-electron chi connectivity index (χ0n) is 27.2. The van der Waals surface area contributed by atoms with E-state index < -0.39 is 0 Å². The van der Waals surface area contributed by atoms with E-state index in [9.17, 15) is 9.59 Å². The summed E-state index contributed by atoms with van der Waals surface area (Å²) in [5.41, 5.74) is 15.0. The van der Waals surface area contributed by atoms with E-state index in [0.29, 0.717) is 24.0 Å². The molecule has 0 fully saturated rings. The van der Waals surface area contributed by atoms with Crippen LogP contribution in [0.4, 0.5) is 11.4 Å². The summed E-state index contributed by atoms with van der Waals surface area (Å²) in [7, 11) is 0. The fourth-order valence-electron chi connectivity index (χ4n) is 8.13. The summed E-state index contributed by atoms with van der Waals surface area (Å²) in [6.07, 6.45) is 3.04. The standard InChI is InChI=1S/C44H33N3O2/c1-27(28-11-4-2-5-12-28)47-43(48)41-36-25-21-29-13-8-9-17-35(29)39(36)40-37(42(41)44(47)49)26-22-31-14-10-18-34(38(31)40)30-19-23-33(24-20-30)46-45-32-15-6-3-7-16-32/h2-20,23-24,27H,21-22,25-26H2,1H3/t27-/m0/s1. The molecule has 2 amide bonds. The third kappa shape index (κ3) is 4.68. The molecule has 0 bridgehead atoms. The van der Waals surface area contributed by atoms with Crippen molar-refractivity contribution in [2.24, 2.45) is 10.2 Å². The van der Waals surface area contributed by atoms with Crippen LogP contribution >= 0.6 is 0 Å². The predicted molar refractivity (Wildman–Crippen MR) is 194 cm³/mol. The summed E-state index contributed by atoms with van der Waals surface area (Å²) in [5, 5.41) is 8.86.